The SMILES string of the molecule is CCn1cccc1C(=O)Nc1ccc(C(=O)O)c(OC)c1. The number of methoxy groups -OCH3 is 1. The zero-order valence-electron chi connectivity index (χ0n) is 11.8. The van der Waals surface area contributed by atoms with Crippen molar-refractivity contribution in [1.29, 1.82) is 0 Å². The van der Waals surface area contributed by atoms with Crippen molar-refractivity contribution >= 4 is 17.6 Å². The smallest absolute Gasteiger partial charge is 0.339 e. The Morgan fingerprint density at radius 2 is 2.10 bits per heavy atom. The van der Waals surface area contributed by atoms with E-state index in [4.69, 9.17) is 9.84 Å². The predicted molar refractivity (Wildman–Crippen MR) is 78.0 cm³/mol. The first kappa shape index (κ1) is 14.6. The lowest BCUT2D eigenvalue weighted by Crippen LogP contribution is -2.16. The lowest BCUT2D eigenvalue weighted by atomic mass is 10.2. The van der Waals surface area contributed by atoms with E-state index in [0.29, 0.717) is 17.9 Å². The second kappa shape index (κ2) is 6.13. The maximum atomic E-state index is 12.2. The maximum absolute atomic E-state index is 12.2. The fraction of sp³-hybridized carbons (Fsp3) is 0.200. The van der Waals surface area contributed by atoms with E-state index in [9.17, 15) is 9.59 Å². The first-order valence-corrected chi connectivity index (χ1v) is 6.44. The third-order valence-corrected chi connectivity index (χ3v) is 3.09. The molecule has 21 heavy (non-hydrogen) atoms. The normalized spacial score (nSPS) is 10.2. The molecule has 2 rings (SSSR count). The molecule has 2 N–H and O–H groups in total. The van der Waals surface area contributed by atoms with Gasteiger partial charge in [0.25, 0.3) is 5.91 Å². The van der Waals surface area contributed by atoms with Gasteiger partial charge in [-0.15, -0.1) is 0 Å². The van der Waals surface area contributed by atoms with E-state index in [1.165, 1.54) is 25.3 Å². The van der Waals surface area contributed by atoms with Crippen LogP contribution in [0.2, 0.25) is 0 Å². The van der Waals surface area contributed by atoms with Gasteiger partial charge >= 0.3 is 5.97 Å². The van der Waals surface area contributed by atoms with Crippen molar-refractivity contribution in [2.45, 2.75) is 13.5 Å². The molecule has 0 bridgehead atoms. The van der Waals surface area contributed by atoms with E-state index < -0.39 is 5.97 Å². The van der Waals surface area contributed by atoms with Gasteiger partial charge in [0.05, 0.1) is 7.11 Å². The number of rotatable bonds is 5. The number of anilines is 1. The minimum atomic E-state index is -1.08. The number of carboxylic acid groups (broad SMARTS) is 1. The van der Waals surface area contributed by atoms with Crippen molar-refractivity contribution in [3.63, 3.8) is 0 Å². The number of ether oxygens (including phenoxy) is 1. The fourth-order valence-corrected chi connectivity index (χ4v) is 2.04. The highest BCUT2D eigenvalue weighted by Crippen LogP contribution is 2.23. The first-order chi connectivity index (χ1) is 10.1. The van der Waals surface area contributed by atoms with Gasteiger partial charge in [0, 0.05) is 24.5 Å². The summed E-state index contributed by atoms with van der Waals surface area (Å²) in [6.07, 6.45) is 1.82. The Hall–Kier alpha value is -2.76. The quantitative estimate of drug-likeness (QED) is 0.885. The van der Waals surface area contributed by atoms with Crippen molar-refractivity contribution in [3.8, 4) is 5.75 Å². The number of aryl methyl sites for hydroxylation is 1. The van der Waals surface area contributed by atoms with Crippen LogP contribution in [0.1, 0.15) is 27.8 Å². The number of amides is 1. The molecule has 0 radical (unpaired) electrons. The molecule has 0 aliphatic heterocycles. The van der Waals surface area contributed by atoms with Crippen LogP contribution in [0.4, 0.5) is 5.69 Å². The molecule has 0 unspecified atom stereocenters. The lowest BCUT2D eigenvalue weighted by molar-refractivity contribution is 0.0693. The van der Waals surface area contributed by atoms with E-state index in [1.54, 1.807) is 12.1 Å². The number of carbonyl (C=O) groups excluding carboxylic acids is 1. The fourth-order valence-electron chi connectivity index (χ4n) is 2.04. The molecule has 6 heteroatoms. The lowest BCUT2D eigenvalue weighted by Gasteiger charge is -2.10. The van der Waals surface area contributed by atoms with E-state index in [-0.39, 0.29) is 17.2 Å². The Balaban J connectivity index is 2.24. The number of aromatic carboxylic acids is 1. The molecule has 1 amide bonds. The highest BCUT2D eigenvalue weighted by molar-refractivity contribution is 6.03. The molecular weight excluding hydrogens is 272 g/mol. The molecular formula is C15H16N2O4. The van der Waals surface area contributed by atoms with Crippen molar-refractivity contribution in [2.75, 3.05) is 12.4 Å². The first-order valence-electron chi connectivity index (χ1n) is 6.44. The molecule has 110 valence electrons. The zero-order chi connectivity index (χ0) is 15.4. The summed E-state index contributed by atoms with van der Waals surface area (Å²) in [5, 5.41) is 11.7. The van der Waals surface area contributed by atoms with Gasteiger partial charge in [-0.1, -0.05) is 0 Å². The van der Waals surface area contributed by atoms with Crippen LogP contribution in [-0.2, 0) is 6.54 Å². The van der Waals surface area contributed by atoms with Crippen LogP contribution in [-0.4, -0.2) is 28.7 Å². The van der Waals surface area contributed by atoms with E-state index in [1.807, 2.05) is 17.7 Å². The molecule has 6 nitrogen and oxygen atoms in total. The van der Waals surface area contributed by atoms with Crippen molar-refractivity contribution in [2.24, 2.45) is 0 Å². The van der Waals surface area contributed by atoms with Crippen molar-refractivity contribution in [1.82, 2.24) is 4.57 Å². The summed E-state index contributed by atoms with van der Waals surface area (Å²) in [4.78, 5) is 23.2. The number of carbonyl (C=O) groups is 2. The van der Waals surface area contributed by atoms with Gasteiger partial charge in [0.15, 0.2) is 0 Å². The molecule has 0 aliphatic rings. The van der Waals surface area contributed by atoms with Crippen LogP contribution >= 0.6 is 0 Å². The summed E-state index contributed by atoms with van der Waals surface area (Å²) in [6, 6.07) is 7.94. The van der Waals surface area contributed by atoms with Crippen LogP contribution in [0.25, 0.3) is 0 Å². The number of nitrogens with zero attached hydrogens (tertiary/aromatic N) is 1. The van der Waals surface area contributed by atoms with Crippen LogP contribution in [0, 0.1) is 0 Å². The van der Waals surface area contributed by atoms with Crippen molar-refractivity contribution < 1.29 is 19.4 Å². The average molecular weight is 288 g/mol. The molecule has 0 atom stereocenters. The van der Waals surface area contributed by atoms with Crippen molar-refractivity contribution in [3.05, 3.63) is 47.8 Å². The third kappa shape index (κ3) is 3.05. The topological polar surface area (TPSA) is 80.6 Å². The van der Waals surface area contributed by atoms with Crippen LogP contribution in [0.3, 0.4) is 0 Å². The monoisotopic (exact) mass is 288 g/mol. The van der Waals surface area contributed by atoms with Crippen LogP contribution in [0.5, 0.6) is 5.75 Å². The Kier molecular flexibility index (Phi) is 4.27. The van der Waals surface area contributed by atoms with Gasteiger partial charge in [0.2, 0.25) is 0 Å². The molecule has 1 aromatic carbocycles. The molecule has 0 aliphatic carbocycles. The number of carboxylic acids is 1. The second-order valence-electron chi connectivity index (χ2n) is 4.35. The van der Waals surface area contributed by atoms with Gasteiger partial charge in [-0.05, 0) is 31.2 Å². The van der Waals surface area contributed by atoms with Crippen LogP contribution < -0.4 is 10.1 Å². The molecule has 0 saturated heterocycles. The van der Waals surface area contributed by atoms with E-state index >= 15 is 0 Å². The van der Waals surface area contributed by atoms with Gasteiger partial charge in [-0.2, -0.15) is 0 Å². The number of benzene rings is 1. The number of nitrogens with one attached hydrogen (secondary N) is 1. The summed E-state index contributed by atoms with van der Waals surface area (Å²) < 4.78 is 6.84. The van der Waals surface area contributed by atoms with Gasteiger partial charge in [-0.3, -0.25) is 4.79 Å². The largest absolute Gasteiger partial charge is 0.496 e. The number of hydrogen-bond donors (Lipinski definition) is 2. The summed E-state index contributed by atoms with van der Waals surface area (Å²) in [5.41, 5.74) is 1.07. The Morgan fingerprint density at radius 1 is 1.33 bits per heavy atom. The molecule has 0 saturated carbocycles. The third-order valence-electron chi connectivity index (χ3n) is 3.09. The highest BCUT2D eigenvalue weighted by atomic mass is 16.5. The average Bonchev–Trinajstić information content (AvgIpc) is 2.95. The van der Waals surface area contributed by atoms with Gasteiger partial charge in [-0.25, -0.2) is 4.79 Å². The summed E-state index contributed by atoms with van der Waals surface area (Å²) in [5.74, 6) is -1.14. The predicted octanol–water partition coefficient (Wildman–Crippen LogP) is 2.47. The van der Waals surface area contributed by atoms with Crippen LogP contribution in [0.15, 0.2) is 36.5 Å². The molecule has 1 heterocycles. The summed E-state index contributed by atoms with van der Waals surface area (Å²) in [7, 11) is 1.38. The van der Waals surface area contributed by atoms with Gasteiger partial charge < -0.3 is 19.7 Å². The molecule has 1 aromatic heterocycles. The molecule has 2 aromatic rings. The summed E-state index contributed by atoms with van der Waals surface area (Å²) in [6.45, 7) is 2.64. The zero-order valence-corrected chi connectivity index (χ0v) is 11.8. The number of hydrogen-bond acceptors (Lipinski definition) is 3. The number of aromatic nitrogens is 1. The highest BCUT2D eigenvalue weighted by Gasteiger charge is 2.14. The Morgan fingerprint density at radius 3 is 2.71 bits per heavy atom. The maximum Gasteiger partial charge on any atom is 0.339 e. The van der Waals surface area contributed by atoms with E-state index in [2.05, 4.69) is 5.32 Å². The molecule has 0 spiro atoms. The Bertz CT molecular complexity index is 676. The molecule has 0 fully saturated rings. The second-order valence-corrected chi connectivity index (χ2v) is 4.35. The standard InChI is InChI=1S/C15H16N2O4/c1-3-17-8-4-5-12(17)14(18)16-10-6-7-11(15(19)20)13(9-10)21-2/h4-9H,3H2,1-2H3,(H,16,18)(H,19,20). The minimum absolute atomic E-state index is 0.0485. The van der Waals surface area contributed by atoms with Gasteiger partial charge in [0.1, 0.15) is 17.0 Å². The Labute approximate surface area is 122 Å². The minimum Gasteiger partial charge on any atom is -0.496 e. The summed E-state index contributed by atoms with van der Waals surface area (Å²) >= 11 is 0. The van der Waals surface area contributed by atoms with E-state index in [0.717, 1.165) is 0 Å².